The first-order valence-corrected chi connectivity index (χ1v) is 6.48. The number of aliphatic carboxylic acids is 1. The zero-order valence-corrected chi connectivity index (χ0v) is 10.7. The lowest BCUT2D eigenvalue weighted by Gasteiger charge is -2.22. The van der Waals surface area contributed by atoms with Crippen molar-refractivity contribution in [1.82, 2.24) is 5.32 Å². The number of para-hydroxylation sites is 1. The summed E-state index contributed by atoms with van der Waals surface area (Å²) in [4.78, 5) is 22.9. The quantitative estimate of drug-likeness (QED) is 0.763. The van der Waals surface area contributed by atoms with Crippen LogP contribution in [0.1, 0.15) is 18.4 Å². The van der Waals surface area contributed by atoms with Gasteiger partial charge in [-0.3, -0.25) is 9.59 Å². The minimum atomic E-state index is -0.899. The van der Waals surface area contributed by atoms with E-state index in [2.05, 4.69) is 10.6 Å². The third kappa shape index (κ3) is 3.79. The van der Waals surface area contributed by atoms with Crippen molar-refractivity contribution < 1.29 is 14.7 Å². The Morgan fingerprint density at radius 3 is 2.63 bits per heavy atom. The summed E-state index contributed by atoms with van der Waals surface area (Å²) in [6.45, 7) is 1.71. The van der Waals surface area contributed by atoms with E-state index in [1.54, 1.807) is 24.3 Å². The molecule has 0 bridgehead atoms. The van der Waals surface area contributed by atoms with Crippen molar-refractivity contribution in [3.8, 4) is 0 Å². The normalized spacial score (nSPS) is 16.0. The van der Waals surface area contributed by atoms with Crippen LogP contribution in [0.2, 0.25) is 0 Å². The molecule has 0 radical (unpaired) electrons. The molecule has 2 rings (SSSR count). The van der Waals surface area contributed by atoms with Gasteiger partial charge in [-0.1, -0.05) is 18.2 Å². The van der Waals surface area contributed by atoms with E-state index in [4.69, 9.17) is 5.11 Å². The van der Waals surface area contributed by atoms with Crippen molar-refractivity contribution in [2.45, 2.75) is 19.3 Å². The number of carbonyl (C=O) groups excluding carboxylic acids is 1. The average molecular weight is 262 g/mol. The zero-order chi connectivity index (χ0) is 13.7. The fourth-order valence-corrected chi connectivity index (χ4v) is 2.28. The monoisotopic (exact) mass is 262 g/mol. The summed E-state index contributed by atoms with van der Waals surface area (Å²) < 4.78 is 0. The molecule has 1 amide bonds. The van der Waals surface area contributed by atoms with Crippen LogP contribution in [-0.4, -0.2) is 30.1 Å². The van der Waals surface area contributed by atoms with Crippen LogP contribution in [0.25, 0.3) is 0 Å². The van der Waals surface area contributed by atoms with Gasteiger partial charge in [-0.2, -0.15) is 0 Å². The van der Waals surface area contributed by atoms with Crippen LogP contribution in [-0.2, 0) is 16.0 Å². The first-order chi connectivity index (χ1) is 9.16. The van der Waals surface area contributed by atoms with Crippen molar-refractivity contribution >= 4 is 17.6 Å². The largest absolute Gasteiger partial charge is 0.481 e. The highest BCUT2D eigenvalue weighted by molar-refractivity contribution is 5.94. The summed E-state index contributed by atoms with van der Waals surface area (Å²) in [5.74, 6) is -0.901. The molecule has 1 aliphatic heterocycles. The number of hydrogen-bond donors (Lipinski definition) is 3. The second-order valence-electron chi connectivity index (χ2n) is 4.74. The molecule has 102 valence electrons. The standard InChI is InChI=1S/C14H18N2O3/c17-13(18)9-11-3-1-2-4-12(11)16-14(19)10-5-7-15-8-6-10/h1-4,10,15H,5-9H2,(H,16,19)(H,17,18). The molecule has 5 heteroatoms. The van der Waals surface area contributed by atoms with E-state index >= 15 is 0 Å². The molecule has 1 saturated heterocycles. The number of benzene rings is 1. The molecule has 0 spiro atoms. The molecule has 1 aliphatic rings. The molecule has 0 atom stereocenters. The lowest BCUT2D eigenvalue weighted by Crippen LogP contribution is -2.34. The van der Waals surface area contributed by atoms with Gasteiger partial charge in [0.25, 0.3) is 0 Å². The first-order valence-electron chi connectivity index (χ1n) is 6.48. The number of carbonyl (C=O) groups is 2. The summed E-state index contributed by atoms with van der Waals surface area (Å²) in [6, 6.07) is 7.05. The van der Waals surface area contributed by atoms with Crippen molar-refractivity contribution in [3.63, 3.8) is 0 Å². The minimum absolute atomic E-state index is 0.0131. The second kappa shape index (κ2) is 6.33. The predicted octanol–water partition coefficient (Wildman–Crippen LogP) is 1.25. The van der Waals surface area contributed by atoms with Gasteiger partial charge in [0.1, 0.15) is 0 Å². The fourth-order valence-electron chi connectivity index (χ4n) is 2.28. The van der Waals surface area contributed by atoms with Crippen LogP contribution in [0, 0.1) is 5.92 Å². The number of nitrogens with one attached hydrogen (secondary N) is 2. The summed E-state index contributed by atoms with van der Waals surface area (Å²) in [5.41, 5.74) is 1.24. The smallest absolute Gasteiger partial charge is 0.307 e. The van der Waals surface area contributed by atoms with Gasteiger partial charge in [0.05, 0.1) is 6.42 Å². The molecule has 0 aliphatic carbocycles. The number of hydrogen-bond acceptors (Lipinski definition) is 3. The summed E-state index contributed by atoms with van der Waals surface area (Å²) in [7, 11) is 0. The third-order valence-corrected chi connectivity index (χ3v) is 3.33. The van der Waals surface area contributed by atoms with E-state index < -0.39 is 5.97 Å². The van der Waals surface area contributed by atoms with Gasteiger partial charge in [0.15, 0.2) is 0 Å². The Hall–Kier alpha value is -1.88. The van der Waals surface area contributed by atoms with Crippen LogP contribution in [0.15, 0.2) is 24.3 Å². The Balaban J connectivity index is 2.05. The molecule has 0 saturated carbocycles. The average Bonchev–Trinajstić information content (AvgIpc) is 2.41. The molecule has 0 unspecified atom stereocenters. The molecule has 1 heterocycles. The Bertz CT molecular complexity index is 468. The molecular weight excluding hydrogens is 244 g/mol. The maximum absolute atomic E-state index is 12.1. The second-order valence-corrected chi connectivity index (χ2v) is 4.74. The van der Waals surface area contributed by atoms with E-state index in [0.29, 0.717) is 11.3 Å². The summed E-state index contributed by atoms with van der Waals surface area (Å²) in [5, 5.41) is 14.9. The molecular formula is C14H18N2O3. The summed E-state index contributed by atoms with van der Waals surface area (Å²) >= 11 is 0. The van der Waals surface area contributed by atoms with Crippen molar-refractivity contribution in [2.75, 3.05) is 18.4 Å². The fraction of sp³-hybridized carbons (Fsp3) is 0.429. The van der Waals surface area contributed by atoms with E-state index in [-0.39, 0.29) is 18.2 Å². The molecule has 19 heavy (non-hydrogen) atoms. The predicted molar refractivity (Wildman–Crippen MR) is 72.0 cm³/mol. The maximum Gasteiger partial charge on any atom is 0.307 e. The van der Waals surface area contributed by atoms with Gasteiger partial charge in [0.2, 0.25) is 5.91 Å². The van der Waals surface area contributed by atoms with Crippen molar-refractivity contribution in [3.05, 3.63) is 29.8 Å². The lowest BCUT2D eigenvalue weighted by molar-refractivity contribution is -0.136. The Morgan fingerprint density at radius 2 is 1.95 bits per heavy atom. The van der Waals surface area contributed by atoms with Crippen LogP contribution in [0.3, 0.4) is 0 Å². The number of rotatable bonds is 4. The highest BCUT2D eigenvalue weighted by atomic mass is 16.4. The maximum atomic E-state index is 12.1. The number of carboxylic acids is 1. The Labute approximate surface area is 112 Å². The zero-order valence-electron chi connectivity index (χ0n) is 10.7. The van der Waals surface area contributed by atoms with Gasteiger partial charge >= 0.3 is 5.97 Å². The van der Waals surface area contributed by atoms with Gasteiger partial charge in [-0.25, -0.2) is 0 Å². The van der Waals surface area contributed by atoms with E-state index in [1.807, 2.05) is 0 Å². The summed E-state index contributed by atoms with van der Waals surface area (Å²) in [6.07, 6.45) is 1.57. The molecule has 0 aromatic heterocycles. The molecule has 1 aromatic rings. The van der Waals surface area contributed by atoms with Gasteiger partial charge < -0.3 is 15.7 Å². The molecule has 1 fully saturated rings. The lowest BCUT2D eigenvalue weighted by atomic mass is 9.97. The van der Waals surface area contributed by atoms with E-state index in [9.17, 15) is 9.59 Å². The molecule has 3 N–H and O–H groups in total. The van der Waals surface area contributed by atoms with Crippen molar-refractivity contribution in [2.24, 2.45) is 5.92 Å². The minimum Gasteiger partial charge on any atom is -0.481 e. The topological polar surface area (TPSA) is 78.4 Å². The number of anilines is 1. The molecule has 1 aromatic carbocycles. The van der Waals surface area contributed by atoms with Crippen LogP contribution >= 0.6 is 0 Å². The van der Waals surface area contributed by atoms with E-state index in [0.717, 1.165) is 25.9 Å². The number of carboxylic acid groups (broad SMARTS) is 1. The number of piperidine rings is 1. The molecule has 5 nitrogen and oxygen atoms in total. The highest BCUT2D eigenvalue weighted by Gasteiger charge is 2.21. The van der Waals surface area contributed by atoms with Gasteiger partial charge in [-0.15, -0.1) is 0 Å². The Kier molecular flexibility index (Phi) is 4.52. The Morgan fingerprint density at radius 1 is 1.26 bits per heavy atom. The SMILES string of the molecule is O=C(O)Cc1ccccc1NC(=O)C1CCNCC1. The number of amides is 1. The van der Waals surface area contributed by atoms with Crippen LogP contribution < -0.4 is 10.6 Å². The first kappa shape index (κ1) is 13.5. The highest BCUT2D eigenvalue weighted by Crippen LogP contribution is 2.19. The van der Waals surface area contributed by atoms with Crippen LogP contribution in [0.4, 0.5) is 5.69 Å². The van der Waals surface area contributed by atoms with Crippen LogP contribution in [0.5, 0.6) is 0 Å². The van der Waals surface area contributed by atoms with Gasteiger partial charge in [-0.05, 0) is 37.6 Å². The van der Waals surface area contributed by atoms with E-state index in [1.165, 1.54) is 0 Å². The third-order valence-electron chi connectivity index (χ3n) is 3.33. The van der Waals surface area contributed by atoms with Crippen molar-refractivity contribution in [1.29, 1.82) is 0 Å². The van der Waals surface area contributed by atoms with Gasteiger partial charge in [0, 0.05) is 11.6 Å².